The van der Waals surface area contributed by atoms with Crippen LogP contribution in [0.25, 0.3) is 0 Å². The number of hydrogen-bond donors (Lipinski definition) is 1. The Hall–Kier alpha value is -1.60. The average Bonchev–Trinajstić information content (AvgIpc) is 2.48. The molecule has 2 aromatic carbocycles. The van der Waals surface area contributed by atoms with Crippen molar-refractivity contribution < 1.29 is 0 Å². The van der Waals surface area contributed by atoms with Gasteiger partial charge in [0.15, 0.2) is 0 Å². The van der Waals surface area contributed by atoms with E-state index in [1.165, 1.54) is 36.8 Å². The number of nitrogens with two attached hydrogens (primary N) is 1. The molecule has 1 fully saturated rings. The van der Waals surface area contributed by atoms with Gasteiger partial charge in [-0.15, -0.1) is 0 Å². The van der Waals surface area contributed by atoms with Crippen molar-refractivity contribution in [3.05, 3.63) is 71.8 Å². The monoisotopic (exact) mass is 279 g/mol. The van der Waals surface area contributed by atoms with Crippen LogP contribution in [0.2, 0.25) is 0 Å². The molecule has 21 heavy (non-hydrogen) atoms. The summed E-state index contributed by atoms with van der Waals surface area (Å²) in [6.07, 6.45) is 7.26. The summed E-state index contributed by atoms with van der Waals surface area (Å²) in [4.78, 5) is 0. The van der Waals surface area contributed by atoms with Crippen molar-refractivity contribution in [2.45, 2.75) is 50.0 Å². The summed E-state index contributed by atoms with van der Waals surface area (Å²) in [5.74, 6) is 0. The second kappa shape index (κ2) is 6.44. The van der Waals surface area contributed by atoms with Crippen molar-refractivity contribution in [1.82, 2.24) is 0 Å². The lowest BCUT2D eigenvalue weighted by Gasteiger charge is -2.47. The van der Waals surface area contributed by atoms with E-state index < -0.39 is 0 Å². The summed E-state index contributed by atoms with van der Waals surface area (Å²) < 4.78 is 0. The third kappa shape index (κ3) is 3.03. The van der Waals surface area contributed by atoms with Crippen LogP contribution in [0, 0.1) is 0 Å². The van der Waals surface area contributed by atoms with Gasteiger partial charge in [0.2, 0.25) is 0 Å². The quantitative estimate of drug-likeness (QED) is 0.830. The largest absolute Gasteiger partial charge is 0.327 e. The second-order valence-electron chi connectivity index (χ2n) is 6.36. The zero-order chi connectivity index (χ0) is 14.5. The van der Waals surface area contributed by atoms with Gasteiger partial charge >= 0.3 is 0 Å². The van der Waals surface area contributed by atoms with Crippen LogP contribution < -0.4 is 5.73 Å². The summed E-state index contributed by atoms with van der Waals surface area (Å²) in [7, 11) is 0. The Morgan fingerprint density at radius 3 is 2.10 bits per heavy atom. The van der Waals surface area contributed by atoms with E-state index in [1.54, 1.807) is 0 Å². The molecule has 110 valence electrons. The van der Waals surface area contributed by atoms with Crippen LogP contribution in [0.3, 0.4) is 0 Å². The predicted octanol–water partition coefficient (Wildman–Crippen LogP) is 4.46. The van der Waals surface area contributed by atoms with E-state index >= 15 is 0 Å². The van der Waals surface area contributed by atoms with Crippen molar-refractivity contribution in [3.63, 3.8) is 0 Å². The molecular weight excluding hydrogens is 254 g/mol. The lowest BCUT2D eigenvalue weighted by molar-refractivity contribution is 0.186. The van der Waals surface area contributed by atoms with Gasteiger partial charge in [-0.05, 0) is 43.2 Å². The van der Waals surface area contributed by atoms with Crippen LogP contribution in [0.15, 0.2) is 60.7 Å². The molecule has 1 nitrogen and oxygen atoms in total. The summed E-state index contributed by atoms with van der Waals surface area (Å²) in [5, 5.41) is 0. The zero-order valence-corrected chi connectivity index (χ0v) is 12.7. The van der Waals surface area contributed by atoms with Gasteiger partial charge in [-0.25, -0.2) is 0 Å². The molecule has 1 heteroatoms. The Labute approximate surface area is 128 Å². The maximum atomic E-state index is 6.61. The average molecular weight is 279 g/mol. The van der Waals surface area contributed by atoms with Crippen LogP contribution in [-0.4, -0.2) is 6.04 Å². The van der Waals surface area contributed by atoms with Crippen molar-refractivity contribution in [1.29, 1.82) is 0 Å². The maximum Gasteiger partial charge on any atom is 0.0136 e. The molecule has 0 bridgehead atoms. The predicted molar refractivity (Wildman–Crippen MR) is 89.3 cm³/mol. The molecule has 1 saturated carbocycles. The fraction of sp³-hybridized carbons (Fsp3) is 0.400. The topological polar surface area (TPSA) is 26.0 Å². The van der Waals surface area contributed by atoms with Gasteiger partial charge in [0, 0.05) is 11.5 Å². The van der Waals surface area contributed by atoms with Crippen molar-refractivity contribution in [3.8, 4) is 0 Å². The van der Waals surface area contributed by atoms with Crippen molar-refractivity contribution in [2.75, 3.05) is 0 Å². The van der Waals surface area contributed by atoms with E-state index in [4.69, 9.17) is 5.73 Å². The minimum atomic E-state index is 0.248. The van der Waals surface area contributed by atoms with Crippen LogP contribution in [-0.2, 0) is 11.8 Å². The molecule has 0 saturated heterocycles. The highest BCUT2D eigenvalue weighted by atomic mass is 14.7. The second-order valence-corrected chi connectivity index (χ2v) is 6.36. The van der Waals surface area contributed by atoms with E-state index in [1.807, 2.05) is 0 Å². The molecule has 2 aromatic rings. The first-order valence-electron chi connectivity index (χ1n) is 8.16. The van der Waals surface area contributed by atoms with Gasteiger partial charge < -0.3 is 5.73 Å². The number of hydrogen-bond acceptors (Lipinski definition) is 1. The molecule has 2 N–H and O–H groups in total. The van der Waals surface area contributed by atoms with E-state index in [9.17, 15) is 0 Å². The van der Waals surface area contributed by atoms with Crippen LogP contribution in [0.4, 0.5) is 0 Å². The van der Waals surface area contributed by atoms with Gasteiger partial charge in [0.25, 0.3) is 0 Å². The summed E-state index contributed by atoms with van der Waals surface area (Å²) in [6, 6.07) is 21.9. The zero-order valence-electron chi connectivity index (χ0n) is 12.7. The summed E-state index contributed by atoms with van der Waals surface area (Å²) in [5.41, 5.74) is 9.73. The molecule has 1 atom stereocenters. The molecule has 1 unspecified atom stereocenters. The molecular formula is C20H25N. The van der Waals surface area contributed by atoms with Gasteiger partial charge in [-0.3, -0.25) is 0 Å². The fourth-order valence-electron chi connectivity index (χ4n) is 3.65. The first kappa shape index (κ1) is 14.3. The normalized spacial score (nSPS) is 18.0. The van der Waals surface area contributed by atoms with Gasteiger partial charge in [0.05, 0.1) is 0 Å². The fourth-order valence-corrected chi connectivity index (χ4v) is 3.65. The van der Waals surface area contributed by atoms with Crippen LogP contribution >= 0.6 is 0 Å². The van der Waals surface area contributed by atoms with Gasteiger partial charge in [-0.2, -0.15) is 0 Å². The lowest BCUT2D eigenvalue weighted by Crippen LogP contribution is -2.50. The van der Waals surface area contributed by atoms with E-state index in [-0.39, 0.29) is 11.5 Å². The molecule has 0 heterocycles. The maximum absolute atomic E-state index is 6.61. The minimum Gasteiger partial charge on any atom is -0.327 e. The Kier molecular flexibility index (Phi) is 4.40. The highest BCUT2D eigenvalue weighted by Gasteiger charge is 2.43. The number of rotatable bonds is 6. The third-order valence-corrected chi connectivity index (χ3v) is 5.13. The Morgan fingerprint density at radius 1 is 0.905 bits per heavy atom. The molecule has 0 spiro atoms. The number of benzene rings is 2. The van der Waals surface area contributed by atoms with Gasteiger partial charge in [-0.1, -0.05) is 67.1 Å². The molecule has 3 rings (SSSR count). The minimum absolute atomic E-state index is 0.248. The van der Waals surface area contributed by atoms with E-state index in [0.29, 0.717) is 0 Å². The highest BCUT2D eigenvalue weighted by Crippen LogP contribution is 2.46. The molecule has 0 aliphatic heterocycles. The van der Waals surface area contributed by atoms with Crippen LogP contribution in [0.5, 0.6) is 0 Å². The summed E-state index contributed by atoms with van der Waals surface area (Å²) in [6.45, 7) is 0. The molecule has 0 amide bonds. The first-order chi connectivity index (χ1) is 10.3. The first-order valence-corrected chi connectivity index (χ1v) is 8.16. The molecule has 1 aliphatic rings. The SMILES string of the molecule is NC(CCCc1ccccc1)C1(c2ccccc2)CCC1. The van der Waals surface area contributed by atoms with Gasteiger partial charge in [0.1, 0.15) is 0 Å². The number of aryl methyl sites for hydroxylation is 1. The smallest absolute Gasteiger partial charge is 0.0136 e. The molecule has 1 aliphatic carbocycles. The van der Waals surface area contributed by atoms with E-state index in [0.717, 1.165) is 12.8 Å². The molecule has 0 radical (unpaired) electrons. The third-order valence-electron chi connectivity index (χ3n) is 5.13. The van der Waals surface area contributed by atoms with Crippen molar-refractivity contribution >= 4 is 0 Å². The molecule has 0 aromatic heterocycles. The Morgan fingerprint density at radius 2 is 1.52 bits per heavy atom. The summed E-state index contributed by atoms with van der Waals surface area (Å²) >= 11 is 0. The Balaban J connectivity index is 1.60. The standard InChI is InChI=1S/C20H25N/c21-19(14-7-11-17-9-3-1-4-10-17)20(15-8-16-20)18-12-5-2-6-13-18/h1-6,9-10,12-13,19H,7-8,11,14-16,21H2. The highest BCUT2D eigenvalue weighted by molar-refractivity contribution is 5.30. The van der Waals surface area contributed by atoms with Crippen molar-refractivity contribution in [2.24, 2.45) is 5.73 Å². The lowest BCUT2D eigenvalue weighted by atomic mass is 9.59. The Bertz CT molecular complexity index is 543. The van der Waals surface area contributed by atoms with E-state index in [2.05, 4.69) is 60.7 Å². The van der Waals surface area contributed by atoms with Crippen LogP contribution in [0.1, 0.15) is 43.2 Å².